The van der Waals surface area contributed by atoms with Gasteiger partial charge in [-0.15, -0.1) is 0 Å². The van der Waals surface area contributed by atoms with Crippen LogP contribution in [0.1, 0.15) is 74.1 Å². The molecule has 0 radical (unpaired) electrons. The lowest BCUT2D eigenvalue weighted by Gasteiger charge is -2.21. The maximum absolute atomic E-state index is 12.2. The number of carbonyl (C=O) groups excluding carboxylic acids is 1. The molecule has 0 N–H and O–H groups in total. The number of Topliss-reactive ketones (excluding diaryl/α,β-unsaturated/α-hetero) is 1. The van der Waals surface area contributed by atoms with Crippen LogP contribution in [-0.4, -0.2) is 24.3 Å². The van der Waals surface area contributed by atoms with Gasteiger partial charge in [0.2, 0.25) is 6.29 Å². The fourth-order valence-electron chi connectivity index (χ4n) is 1.95. The van der Waals surface area contributed by atoms with Crippen molar-refractivity contribution < 1.29 is 14.3 Å². The lowest BCUT2D eigenvalue weighted by Crippen LogP contribution is -2.32. The van der Waals surface area contributed by atoms with Gasteiger partial charge in [0.15, 0.2) is 5.78 Å². The first-order valence-corrected chi connectivity index (χ1v) is 8.35. The van der Waals surface area contributed by atoms with Crippen molar-refractivity contribution in [1.82, 2.24) is 0 Å². The first kappa shape index (κ1) is 21.1. The highest BCUT2D eigenvalue weighted by Gasteiger charge is 2.21. The lowest BCUT2D eigenvalue weighted by atomic mass is 10.1. The van der Waals surface area contributed by atoms with Gasteiger partial charge in [-0.05, 0) is 67.7 Å². The van der Waals surface area contributed by atoms with Gasteiger partial charge in [-0.3, -0.25) is 4.79 Å². The Balaban J connectivity index is 4.28. The number of ether oxygens (including phenoxy) is 2. The number of hydrogen-bond donors (Lipinski definition) is 0. The van der Waals surface area contributed by atoms with E-state index in [0.717, 1.165) is 19.3 Å². The van der Waals surface area contributed by atoms with Crippen LogP contribution in [0, 0.1) is 0 Å². The molecule has 0 aliphatic rings. The van der Waals surface area contributed by atoms with Gasteiger partial charge < -0.3 is 9.47 Å². The molecule has 0 amide bonds. The van der Waals surface area contributed by atoms with Gasteiger partial charge in [0.1, 0.15) is 0 Å². The number of rotatable bonds is 11. The second kappa shape index (κ2) is 11.6. The zero-order valence-corrected chi connectivity index (χ0v) is 15.4. The summed E-state index contributed by atoms with van der Waals surface area (Å²) in [6.07, 6.45) is 6.94. The van der Waals surface area contributed by atoms with E-state index >= 15 is 0 Å². The van der Waals surface area contributed by atoms with Crippen molar-refractivity contribution in [2.24, 2.45) is 0 Å². The van der Waals surface area contributed by atoms with E-state index in [9.17, 15) is 4.79 Å². The fourth-order valence-corrected chi connectivity index (χ4v) is 1.95. The van der Waals surface area contributed by atoms with Crippen molar-refractivity contribution in [2.45, 2.75) is 92.6 Å². The highest BCUT2D eigenvalue weighted by molar-refractivity contribution is 5.82. The molecule has 0 aromatic rings. The van der Waals surface area contributed by atoms with E-state index in [1.54, 1.807) is 0 Å². The van der Waals surface area contributed by atoms with Gasteiger partial charge in [0, 0.05) is 6.42 Å². The van der Waals surface area contributed by atoms with E-state index in [-0.39, 0.29) is 18.0 Å². The van der Waals surface area contributed by atoms with Crippen LogP contribution >= 0.6 is 0 Å². The highest BCUT2D eigenvalue weighted by Crippen LogP contribution is 2.12. The van der Waals surface area contributed by atoms with Crippen molar-refractivity contribution in [1.29, 1.82) is 0 Å². The van der Waals surface area contributed by atoms with Crippen molar-refractivity contribution in [3.63, 3.8) is 0 Å². The Labute approximate surface area is 136 Å². The molecule has 0 aromatic heterocycles. The highest BCUT2D eigenvalue weighted by atomic mass is 16.7. The van der Waals surface area contributed by atoms with Crippen LogP contribution in [0.4, 0.5) is 0 Å². The van der Waals surface area contributed by atoms with E-state index in [0.29, 0.717) is 6.42 Å². The molecule has 0 fully saturated rings. The van der Waals surface area contributed by atoms with Crippen molar-refractivity contribution >= 4 is 5.78 Å². The summed E-state index contributed by atoms with van der Waals surface area (Å²) in [5.74, 6) is 0.0238. The Morgan fingerprint density at radius 3 is 1.82 bits per heavy atom. The quantitative estimate of drug-likeness (QED) is 0.388. The van der Waals surface area contributed by atoms with Crippen LogP contribution in [-0.2, 0) is 14.3 Å². The van der Waals surface area contributed by atoms with Crippen LogP contribution in [0.2, 0.25) is 0 Å². The maximum Gasteiger partial charge on any atom is 0.218 e. The Morgan fingerprint density at radius 2 is 1.36 bits per heavy atom. The first-order chi connectivity index (χ1) is 10.2. The SMILES string of the molecule is CC(C)=CCC/C(C)=C/CCC(=O)C(OC(C)C)OC(C)C. The third kappa shape index (κ3) is 11.7. The minimum absolute atomic E-state index is 0.0194. The van der Waals surface area contributed by atoms with Gasteiger partial charge in [0.25, 0.3) is 0 Å². The molecule has 0 heterocycles. The van der Waals surface area contributed by atoms with Crippen molar-refractivity contribution in [3.05, 3.63) is 23.3 Å². The Morgan fingerprint density at radius 1 is 0.864 bits per heavy atom. The molecule has 0 saturated carbocycles. The average Bonchev–Trinajstić information content (AvgIpc) is 2.36. The smallest absolute Gasteiger partial charge is 0.218 e. The third-order valence-corrected chi connectivity index (χ3v) is 3.03. The zero-order chi connectivity index (χ0) is 17.1. The Bertz CT molecular complexity index is 364. The Hall–Kier alpha value is -0.930. The van der Waals surface area contributed by atoms with E-state index in [2.05, 4.69) is 32.9 Å². The average molecular weight is 310 g/mol. The van der Waals surface area contributed by atoms with Crippen LogP contribution in [0.15, 0.2) is 23.3 Å². The molecule has 0 saturated heterocycles. The molecule has 3 heteroatoms. The fraction of sp³-hybridized carbons (Fsp3) is 0.737. The molecular formula is C19H34O3. The Kier molecular flexibility index (Phi) is 11.1. The standard InChI is InChI=1S/C19H34O3/c1-14(2)10-8-11-17(7)12-9-13-18(20)19(21-15(3)4)22-16(5)6/h10,12,15-16,19H,8-9,11,13H2,1-7H3/b17-12+. The van der Waals surface area contributed by atoms with Crippen LogP contribution in [0.25, 0.3) is 0 Å². The number of allylic oxidation sites excluding steroid dienone is 4. The van der Waals surface area contributed by atoms with Gasteiger partial charge in [-0.25, -0.2) is 0 Å². The summed E-state index contributed by atoms with van der Waals surface area (Å²) < 4.78 is 11.1. The molecule has 0 rings (SSSR count). The summed E-state index contributed by atoms with van der Waals surface area (Å²) in [6, 6.07) is 0. The molecule has 3 nitrogen and oxygen atoms in total. The summed E-state index contributed by atoms with van der Waals surface area (Å²) in [7, 11) is 0. The topological polar surface area (TPSA) is 35.5 Å². The molecule has 0 atom stereocenters. The zero-order valence-electron chi connectivity index (χ0n) is 15.4. The van der Waals surface area contributed by atoms with Gasteiger partial charge in [-0.1, -0.05) is 23.3 Å². The van der Waals surface area contributed by atoms with Crippen molar-refractivity contribution in [2.75, 3.05) is 0 Å². The molecule has 0 bridgehead atoms. The monoisotopic (exact) mass is 310 g/mol. The predicted octanol–water partition coefficient (Wildman–Crippen LogP) is 5.20. The lowest BCUT2D eigenvalue weighted by molar-refractivity contribution is -0.190. The molecule has 22 heavy (non-hydrogen) atoms. The number of hydrogen-bond acceptors (Lipinski definition) is 3. The van der Waals surface area contributed by atoms with Gasteiger partial charge in [0.05, 0.1) is 12.2 Å². The summed E-state index contributed by atoms with van der Waals surface area (Å²) in [5.41, 5.74) is 2.68. The van der Waals surface area contributed by atoms with E-state index in [1.807, 2.05) is 27.7 Å². The summed E-state index contributed by atoms with van der Waals surface area (Å²) in [6.45, 7) is 14.0. The van der Waals surface area contributed by atoms with Gasteiger partial charge >= 0.3 is 0 Å². The van der Waals surface area contributed by atoms with Crippen molar-refractivity contribution in [3.8, 4) is 0 Å². The molecule has 0 aliphatic carbocycles. The molecule has 128 valence electrons. The van der Waals surface area contributed by atoms with E-state index < -0.39 is 6.29 Å². The number of ketones is 1. The second-order valence-corrected chi connectivity index (χ2v) is 6.58. The normalized spacial score (nSPS) is 12.4. The predicted molar refractivity (Wildman–Crippen MR) is 92.9 cm³/mol. The largest absolute Gasteiger partial charge is 0.343 e. The molecule has 0 aromatic carbocycles. The maximum atomic E-state index is 12.2. The second-order valence-electron chi connectivity index (χ2n) is 6.58. The summed E-state index contributed by atoms with van der Waals surface area (Å²) in [4.78, 5) is 12.2. The minimum atomic E-state index is -0.737. The van der Waals surface area contributed by atoms with E-state index in [4.69, 9.17) is 9.47 Å². The number of carbonyl (C=O) groups is 1. The molecule has 0 spiro atoms. The molecule has 0 unspecified atom stereocenters. The third-order valence-electron chi connectivity index (χ3n) is 3.03. The molecule has 0 aliphatic heterocycles. The first-order valence-electron chi connectivity index (χ1n) is 8.35. The van der Waals surface area contributed by atoms with Crippen LogP contribution in [0.3, 0.4) is 0 Å². The minimum Gasteiger partial charge on any atom is -0.343 e. The van der Waals surface area contributed by atoms with Crippen LogP contribution in [0.5, 0.6) is 0 Å². The van der Waals surface area contributed by atoms with Crippen LogP contribution < -0.4 is 0 Å². The van der Waals surface area contributed by atoms with Gasteiger partial charge in [-0.2, -0.15) is 0 Å². The summed E-state index contributed by atoms with van der Waals surface area (Å²) >= 11 is 0. The summed E-state index contributed by atoms with van der Waals surface area (Å²) in [5, 5.41) is 0. The van der Waals surface area contributed by atoms with E-state index in [1.165, 1.54) is 11.1 Å². The molecular weight excluding hydrogens is 276 g/mol.